The van der Waals surface area contributed by atoms with Gasteiger partial charge < -0.3 is 14.8 Å². The van der Waals surface area contributed by atoms with Crippen molar-refractivity contribution in [2.45, 2.75) is 5.91 Å². The van der Waals surface area contributed by atoms with E-state index in [-0.39, 0.29) is 25.9 Å². The Morgan fingerprint density at radius 1 is 0.944 bits per heavy atom. The molecule has 2 rings (SSSR count). The molecule has 18 heavy (non-hydrogen) atoms. The highest BCUT2D eigenvalue weighted by molar-refractivity contribution is 6.53. The molecule has 0 aliphatic carbocycles. The number of benzene rings is 1. The largest absolute Gasteiger partial charge is 0.332 e. The van der Waals surface area contributed by atoms with Crippen LogP contribution in [0.1, 0.15) is 11.1 Å². The van der Waals surface area contributed by atoms with Gasteiger partial charge in [-0.1, -0.05) is 46.4 Å². The number of hydrogen-bond donors (Lipinski definition) is 2. The van der Waals surface area contributed by atoms with Gasteiger partial charge in [-0.3, -0.25) is 5.41 Å². The van der Waals surface area contributed by atoms with E-state index in [4.69, 9.17) is 61.3 Å². The van der Waals surface area contributed by atoms with E-state index in [9.17, 15) is 0 Å². The second-order valence-electron chi connectivity index (χ2n) is 3.53. The molecule has 0 radical (unpaired) electrons. The first-order valence-electron chi connectivity index (χ1n) is 4.73. The van der Waals surface area contributed by atoms with Gasteiger partial charge in [0, 0.05) is 19.8 Å². The molecule has 1 aliphatic heterocycles. The van der Waals surface area contributed by atoms with Crippen molar-refractivity contribution in [3.05, 3.63) is 31.2 Å². The third kappa shape index (κ3) is 1.72. The molecular weight excluding hydrogens is 322 g/mol. The van der Waals surface area contributed by atoms with Gasteiger partial charge in [-0.2, -0.15) is 0 Å². The second kappa shape index (κ2) is 4.71. The molecule has 4 nitrogen and oxygen atoms in total. The first-order chi connectivity index (χ1) is 8.39. The van der Waals surface area contributed by atoms with Crippen LogP contribution in [0.4, 0.5) is 0 Å². The zero-order valence-corrected chi connectivity index (χ0v) is 12.4. The molecule has 2 N–H and O–H groups in total. The van der Waals surface area contributed by atoms with Crippen LogP contribution in [0.2, 0.25) is 20.1 Å². The molecule has 98 valence electrons. The van der Waals surface area contributed by atoms with Crippen LogP contribution in [-0.2, 0) is 15.4 Å². The third-order valence-electron chi connectivity index (χ3n) is 2.71. The minimum absolute atomic E-state index is 0.000772. The van der Waals surface area contributed by atoms with Gasteiger partial charge >= 0.3 is 0 Å². The zero-order chi connectivity index (χ0) is 13.7. The van der Waals surface area contributed by atoms with E-state index in [2.05, 4.69) is 5.32 Å². The van der Waals surface area contributed by atoms with Crippen LogP contribution in [0.25, 0.3) is 0 Å². The Hall–Kier alpha value is -0.230. The summed E-state index contributed by atoms with van der Waals surface area (Å²) in [7, 11) is 2.82. The van der Waals surface area contributed by atoms with Crippen molar-refractivity contribution < 1.29 is 9.47 Å². The Kier molecular flexibility index (Phi) is 3.71. The monoisotopic (exact) mass is 328 g/mol. The van der Waals surface area contributed by atoms with Gasteiger partial charge in [-0.25, -0.2) is 0 Å². The maximum Gasteiger partial charge on any atom is 0.280 e. The molecule has 0 saturated carbocycles. The lowest BCUT2D eigenvalue weighted by Gasteiger charge is -2.27. The summed E-state index contributed by atoms with van der Waals surface area (Å²) in [6.45, 7) is 0. The molecule has 1 aromatic rings. The van der Waals surface area contributed by atoms with E-state index in [1.54, 1.807) is 0 Å². The molecule has 0 spiro atoms. The number of rotatable bonds is 2. The van der Waals surface area contributed by atoms with E-state index in [1.807, 2.05) is 0 Å². The molecule has 0 unspecified atom stereocenters. The van der Waals surface area contributed by atoms with Crippen LogP contribution in [0.3, 0.4) is 0 Å². The summed E-state index contributed by atoms with van der Waals surface area (Å²) in [5.74, 6) is -1.39. The van der Waals surface area contributed by atoms with Gasteiger partial charge in [0.05, 0.1) is 25.7 Å². The van der Waals surface area contributed by atoms with Gasteiger partial charge in [-0.15, -0.1) is 0 Å². The highest BCUT2D eigenvalue weighted by atomic mass is 35.5. The molecular formula is C10H8Cl4N2O2. The Labute approximate surface area is 124 Å². The van der Waals surface area contributed by atoms with Gasteiger partial charge in [0.1, 0.15) is 5.84 Å². The van der Waals surface area contributed by atoms with E-state index < -0.39 is 5.91 Å². The maximum absolute atomic E-state index is 7.88. The standard InChI is InChI=1S/C10H8Cl4N2O2/c1-17-10(18-2)4-3(9(15)16-10)5(11)7(13)8(14)6(4)12/h1-2H3,(H2,15,16). The minimum atomic E-state index is -1.39. The molecule has 0 bridgehead atoms. The molecule has 0 fully saturated rings. The van der Waals surface area contributed by atoms with E-state index in [0.29, 0.717) is 11.1 Å². The number of amidine groups is 1. The van der Waals surface area contributed by atoms with Crippen molar-refractivity contribution in [3.63, 3.8) is 0 Å². The minimum Gasteiger partial charge on any atom is -0.332 e. The van der Waals surface area contributed by atoms with Crippen LogP contribution in [0.5, 0.6) is 0 Å². The summed E-state index contributed by atoms with van der Waals surface area (Å²) >= 11 is 24.2. The Balaban J connectivity index is 2.87. The van der Waals surface area contributed by atoms with Crippen LogP contribution < -0.4 is 5.32 Å². The van der Waals surface area contributed by atoms with E-state index >= 15 is 0 Å². The summed E-state index contributed by atoms with van der Waals surface area (Å²) in [6, 6.07) is 0. The fourth-order valence-corrected chi connectivity index (χ4v) is 2.93. The number of ether oxygens (including phenoxy) is 2. The van der Waals surface area contributed by atoms with Crippen molar-refractivity contribution in [3.8, 4) is 0 Å². The molecule has 0 amide bonds. The van der Waals surface area contributed by atoms with E-state index in [1.165, 1.54) is 14.2 Å². The highest BCUT2D eigenvalue weighted by Gasteiger charge is 2.47. The van der Waals surface area contributed by atoms with Crippen molar-refractivity contribution in [1.82, 2.24) is 5.32 Å². The number of fused-ring (bicyclic) bond motifs is 1. The molecule has 1 aliphatic rings. The predicted octanol–water partition coefficient (Wildman–Crippen LogP) is 3.63. The van der Waals surface area contributed by atoms with Gasteiger partial charge in [-0.05, 0) is 0 Å². The van der Waals surface area contributed by atoms with E-state index in [0.717, 1.165) is 0 Å². The summed E-state index contributed by atoms with van der Waals surface area (Å²) in [5.41, 5.74) is 0.665. The maximum atomic E-state index is 7.88. The van der Waals surface area contributed by atoms with Crippen molar-refractivity contribution in [2.75, 3.05) is 14.2 Å². The lowest BCUT2D eigenvalue weighted by atomic mass is 10.1. The number of methoxy groups -OCH3 is 2. The third-order valence-corrected chi connectivity index (χ3v) is 4.51. The Bertz CT molecular complexity index is 543. The van der Waals surface area contributed by atoms with Gasteiger partial charge in [0.25, 0.3) is 5.91 Å². The lowest BCUT2D eigenvalue weighted by molar-refractivity contribution is -0.223. The Morgan fingerprint density at radius 3 is 1.94 bits per heavy atom. The zero-order valence-electron chi connectivity index (χ0n) is 9.33. The second-order valence-corrected chi connectivity index (χ2v) is 5.04. The molecule has 1 heterocycles. The van der Waals surface area contributed by atoms with Gasteiger partial charge in [0.15, 0.2) is 0 Å². The fraction of sp³-hybridized carbons (Fsp3) is 0.300. The van der Waals surface area contributed by atoms with Crippen molar-refractivity contribution in [1.29, 1.82) is 5.41 Å². The van der Waals surface area contributed by atoms with Crippen LogP contribution in [-0.4, -0.2) is 20.1 Å². The quantitative estimate of drug-likeness (QED) is 0.495. The number of hydrogen-bond acceptors (Lipinski definition) is 3. The lowest BCUT2D eigenvalue weighted by Crippen LogP contribution is -2.42. The van der Waals surface area contributed by atoms with Crippen LogP contribution in [0.15, 0.2) is 0 Å². The number of nitrogens with one attached hydrogen (secondary N) is 2. The van der Waals surface area contributed by atoms with Crippen LogP contribution in [0, 0.1) is 5.41 Å². The molecule has 8 heteroatoms. The smallest absolute Gasteiger partial charge is 0.280 e. The fourth-order valence-electron chi connectivity index (χ4n) is 1.85. The summed E-state index contributed by atoms with van der Waals surface area (Å²) in [5, 5.41) is 11.1. The Morgan fingerprint density at radius 2 is 1.44 bits per heavy atom. The summed E-state index contributed by atoms with van der Waals surface area (Å²) in [4.78, 5) is 0. The topological polar surface area (TPSA) is 54.3 Å². The molecule has 0 aromatic heterocycles. The van der Waals surface area contributed by atoms with Gasteiger partial charge in [0.2, 0.25) is 0 Å². The predicted molar refractivity (Wildman–Crippen MR) is 72.1 cm³/mol. The summed E-state index contributed by atoms with van der Waals surface area (Å²) < 4.78 is 10.5. The molecule has 0 atom stereocenters. The molecule has 0 saturated heterocycles. The normalized spacial score (nSPS) is 16.7. The highest BCUT2D eigenvalue weighted by Crippen LogP contribution is 2.48. The molecule has 1 aromatic carbocycles. The van der Waals surface area contributed by atoms with Crippen LogP contribution >= 0.6 is 46.4 Å². The van der Waals surface area contributed by atoms with Crippen molar-refractivity contribution in [2.24, 2.45) is 0 Å². The first-order valence-corrected chi connectivity index (χ1v) is 6.24. The summed E-state index contributed by atoms with van der Waals surface area (Å²) in [6.07, 6.45) is 0. The number of halogens is 4. The average Bonchev–Trinajstić information content (AvgIpc) is 2.67. The van der Waals surface area contributed by atoms with Crippen molar-refractivity contribution >= 4 is 52.2 Å². The average molecular weight is 330 g/mol. The SMILES string of the molecule is COC1(OC)NC(=N)c2c(Cl)c(Cl)c(Cl)c(Cl)c21. The first kappa shape index (κ1) is 14.2.